The molecule has 0 bridgehead atoms. The molecule has 2 atom stereocenters. The van der Waals surface area contributed by atoms with Crippen LogP contribution >= 0.6 is 0 Å². The lowest BCUT2D eigenvalue weighted by Crippen LogP contribution is -2.50. The summed E-state index contributed by atoms with van der Waals surface area (Å²) in [5.41, 5.74) is 0.583. The summed E-state index contributed by atoms with van der Waals surface area (Å²) < 4.78 is 11.4. The van der Waals surface area contributed by atoms with Gasteiger partial charge in [-0.15, -0.1) is 0 Å². The molecule has 5 heteroatoms. The Morgan fingerprint density at radius 3 is 3.18 bits per heavy atom. The van der Waals surface area contributed by atoms with Crippen molar-refractivity contribution in [2.75, 3.05) is 32.8 Å². The summed E-state index contributed by atoms with van der Waals surface area (Å²) in [7, 11) is 0. The van der Waals surface area contributed by atoms with Crippen molar-refractivity contribution in [1.82, 2.24) is 10.2 Å². The van der Waals surface area contributed by atoms with Gasteiger partial charge in [0.15, 0.2) is 0 Å². The second kappa shape index (κ2) is 7.11. The average molecular weight is 304 g/mol. The summed E-state index contributed by atoms with van der Waals surface area (Å²) in [4.78, 5) is 14.8. The van der Waals surface area contributed by atoms with Crippen LogP contribution in [-0.2, 0) is 4.74 Å². The van der Waals surface area contributed by atoms with E-state index in [1.807, 2.05) is 25.1 Å². The lowest BCUT2D eigenvalue weighted by molar-refractivity contribution is -0.0461. The molecule has 1 N–H and O–H groups in total. The molecule has 1 aromatic rings. The SMILES string of the molecule is CCOc1ccccc1C(=O)NC[C@@H]1CN2CCC[C@@H]2CO1. The van der Waals surface area contributed by atoms with Gasteiger partial charge in [-0.1, -0.05) is 12.1 Å². The fourth-order valence-corrected chi connectivity index (χ4v) is 3.25. The van der Waals surface area contributed by atoms with Gasteiger partial charge in [-0.3, -0.25) is 9.69 Å². The predicted molar refractivity (Wildman–Crippen MR) is 84.3 cm³/mol. The van der Waals surface area contributed by atoms with Crippen LogP contribution in [0.3, 0.4) is 0 Å². The predicted octanol–water partition coefficient (Wildman–Crippen LogP) is 1.68. The minimum Gasteiger partial charge on any atom is -0.493 e. The molecule has 3 rings (SSSR count). The van der Waals surface area contributed by atoms with Crippen molar-refractivity contribution in [2.45, 2.75) is 31.9 Å². The monoisotopic (exact) mass is 304 g/mol. The number of rotatable bonds is 5. The third kappa shape index (κ3) is 3.42. The summed E-state index contributed by atoms with van der Waals surface area (Å²) in [5, 5.41) is 2.98. The van der Waals surface area contributed by atoms with Gasteiger partial charge in [0.25, 0.3) is 5.91 Å². The maximum atomic E-state index is 12.4. The zero-order valence-electron chi connectivity index (χ0n) is 13.1. The number of fused-ring (bicyclic) bond motifs is 1. The van der Waals surface area contributed by atoms with Crippen molar-refractivity contribution in [1.29, 1.82) is 0 Å². The molecule has 2 saturated heterocycles. The number of para-hydroxylation sites is 1. The summed E-state index contributed by atoms with van der Waals surface area (Å²) >= 11 is 0. The first kappa shape index (κ1) is 15.3. The first-order valence-electron chi connectivity index (χ1n) is 8.13. The van der Waals surface area contributed by atoms with E-state index in [1.54, 1.807) is 6.07 Å². The minimum atomic E-state index is -0.101. The van der Waals surface area contributed by atoms with Crippen LogP contribution in [0.5, 0.6) is 5.75 Å². The Bertz CT molecular complexity index is 520. The Morgan fingerprint density at radius 2 is 2.32 bits per heavy atom. The highest BCUT2D eigenvalue weighted by molar-refractivity contribution is 5.96. The van der Waals surface area contributed by atoms with Crippen LogP contribution in [0.4, 0.5) is 0 Å². The first-order chi connectivity index (χ1) is 10.8. The Morgan fingerprint density at radius 1 is 1.45 bits per heavy atom. The van der Waals surface area contributed by atoms with Crippen molar-refractivity contribution in [2.24, 2.45) is 0 Å². The van der Waals surface area contributed by atoms with Crippen molar-refractivity contribution in [3.8, 4) is 5.75 Å². The van der Waals surface area contributed by atoms with E-state index >= 15 is 0 Å². The van der Waals surface area contributed by atoms with Gasteiger partial charge in [0.1, 0.15) is 5.75 Å². The van der Waals surface area contributed by atoms with Crippen LogP contribution < -0.4 is 10.1 Å². The van der Waals surface area contributed by atoms with E-state index in [2.05, 4.69) is 10.2 Å². The van der Waals surface area contributed by atoms with Crippen LogP contribution in [0.25, 0.3) is 0 Å². The maximum Gasteiger partial charge on any atom is 0.255 e. The largest absolute Gasteiger partial charge is 0.493 e. The van der Waals surface area contributed by atoms with Crippen LogP contribution in [-0.4, -0.2) is 55.8 Å². The van der Waals surface area contributed by atoms with Gasteiger partial charge < -0.3 is 14.8 Å². The number of hydrogen-bond acceptors (Lipinski definition) is 4. The Kier molecular flexibility index (Phi) is 4.95. The van der Waals surface area contributed by atoms with Gasteiger partial charge in [-0.25, -0.2) is 0 Å². The van der Waals surface area contributed by atoms with Gasteiger partial charge in [-0.05, 0) is 38.4 Å². The van der Waals surface area contributed by atoms with Gasteiger partial charge >= 0.3 is 0 Å². The zero-order valence-corrected chi connectivity index (χ0v) is 13.1. The molecule has 0 aliphatic carbocycles. The highest BCUT2D eigenvalue weighted by Gasteiger charge is 2.32. The Hall–Kier alpha value is -1.59. The Balaban J connectivity index is 1.54. The first-order valence-corrected chi connectivity index (χ1v) is 8.13. The summed E-state index contributed by atoms with van der Waals surface area (Å²) in [6, 6.07) is 7.93. The number of nitrogens with one attached hydrogen (secondary N) is 1. The molecule has 0 saturated carbocycles. The van der Waals surface area contributed by atoms with Gasteiger partial charge in [0, 0.05) is 19.1 Å². The van der Waals surface area contributed by atoms with Crippen LogP contribution in [0.2, 0.25) is 0 Å². The van der Waals surface area contributed by atoms with E-state index in [0.29, 0.717) is 30.5 Å². The smallest absolute Gasteiger partial charge is 0.255 e. The van der Waals surface area contributed by atoms with Crippen molar-refractivity contribution in [3.05, 3.63) is 29.8 Å². The molecule has 1 amide bonds. The second-order valence-electron chi connectivity index (χ2n) is 5.89. The number of morpholine rings is 1. The number of carbonyl (C=O) groups excluding carboxylic acids is 1. The van der Waals surface area contributed by atoms with E-state index in [1.165, 1.54) is 12.8 Å². The fraction of sp³-hybridized carbons (Fsp3) is 0.588. The number of nitrogens with zero attached hydrogens (tertiary/aromatic N) is 1. The number of carbonyl (C=O) groups is 1. The lowest BCUT2D eigenvalue weighted by Gasteiger charge is -2.35. The number of benzene rings is 1. The van der Waals surface area contributed by atoms with Crippen molar-refractivity contribution in [3.63, 3.8) is 0 Å². The molecule has 2 heterocycles. The van der Waals surface area contributed by atoms with Crippen LogP contribution in [0.15, 0.2) is 24.3 Å². The molecular formula is C17H24N2O3. The molecule has 120 valence electrons. The molecule has 0 spiro atoms. The standard InChI is InChI=1S/C17H24N2O3/c1-2-21-16-8-4-3-7-15(16)17(20)18-10-14-11-19-9-5-6-13(19)12-22-14/h3-4,7-8,13-14H,2,5-6,9-12H2,1H3,(H,18,20)/t13-,14-/m1/s1. The molecule has 0 aromatic heterocycles. The summed E-state index contributed by atoms with van der Waals surface area (Å²) in [5.74, 6) is 0.530. The molecule has 22 heavy (non-hydrogen) atoms. The minimum absolute atomic E-state index is 0.0811. The topological polar surface area (TPSA) is 50.8 Å². The third-order valence-electron chi connectivity index (χ3n) is 4.38. The molecule has 5 nitrogen and oxygen atoms in total. The zero-order chi connectivity index (χ0) is 15.4. The molecule has 2 fully saturated rings. The quantitative estimate of drug-likeness (QED) is 0.899. The number of amides is 1. The number of hydrogen-bond donors (Lipinski definition) is 1. The lowest BCUT2D eigenvalue weighted by atomic mass is 10.1. The molecule has 0 radical (unpaired) electrons. The normalized spacial score (nSPS) is 24.8. The summed E-state index contributed by atoms with van der Waals surface area (Å²) in [6.45, 7) is 5.87. The van der Waals surface area contributed by atoms with E-state index in [-0.39, 0.29) is 12.0 Å². The summed E-state index contributed by atoms with van der Waals surface area (Å²) in [6.07, 6.45) is 2.58. The van der Waals surface area contributed by atoms with E-state index in [9.17, 15) is 4.79 Å². The third-order valence-corrected chi connectivity index (χ3v) is 4.38. The maximum absolute atomic E-state index is 12.4. The average Bonchev–Trinajstić information content (AvgIpc) is 3.01. The van der Waals surface area contributed by atoms with Crippen molar-refractivity contribution < 1.29 is 14.3 Å². The van der Waals surface area contributed by atoms with Gasteiger partial charge in [-0.2, -0.15) is 0 Å². The number of ether oxygens (including phenoxy) is 2. The highest BCUT2D eigenvalue weighted by atomic mass is 16.5. The fourth-order valence-electron chi connectivity index (χ4n) is 3.25. The van der Waals surface area contributed by atoms with E-state index in [0.717, 1.165) is 19.7 Å². The second-order valence-corrected chi connectivity index (χ2v) is 5.89. The molecule has 0 unspecified atom stereocenters. The Labute approximate surface area is 131 Å². The van der Waals surface area contributed by atoms with E-state index < -0.39 is 0 Å². The van der Waals surface area contributed by atoms with Crippen LogP contribution in [0, 0.1) is 0 Å². The van der Waals surface area contributed by atoms with Gasteiger partial charge in [0.05, 0.1) is 24.9 Å². The molecule has 1 aromatic carbocycles. The molecule has 2 aliphatic heterocycles. The van der Waals surface area contributed by atoms with Gasteiger partial charge in [0.2, 0.25) is 0 Å². The van der Waals surface area contributed by atoms with Crippen LogP contribution in [0.1, 0.15) is 30.1 Å². The highest BCUT2D eigenvalue weighted by Crippen LogP contribution is 2.22. The van der Waals surface area contributed by atoms with E-state index in [4.69, 9.17) is 9.47 Å². The van der Waals surface area contributed by atoms with Crippen molar-refractivity contribution >= 4 is 5.91 Å². The molecule has 2 aliphatic rings. The molecular weight excluding hydrogens is 280 g/mol.